The molecular weight excluding hydrogens is 343 g/mol. The second kappa shape index (κ2) is 7.78. The van der Waals surface area contributed by atoms with Gasteiger partial charge in [0.15, 0.2) is 0 Å². The van der Waals surface area contributed by atoms with E-state index in [0.717, 1.165) is 19.4 Å². The molecule has 0 radical (unpaired) electrons. The molecule has 0 spiro atoms. The maximum Gasteiger partial charge on any atom is 0.222 e. The number of nitrogens with one attached hydrogen (secondary N) is 1. The van der Waals surface area contributed by atoms with Crippen molar-refractivity contribution >= 4 is 29.0 Å². The van der Waals surface area contributed by atoms with Crippen LogP contribution in [0.4, 0.5) is 15.9 Å². The van der Waals surface area contributed by atoms with Gasteiger partial charge in [-0.15, -0.1) is 0 Å². The first-order valence-electron chi connectivity index (χ1n) is 8.40. The van der Waals surface area contributed by atoms with Gasteiger partial charge in [0.1, 0.15) is 22.6 Å². The van der Waals surface area contributed by atoms with E-state index >= 15 is 0 Å². The third-order valence-electron chi connectivity index (χ3n) is 4.25. The molecule has 1 aromatic heterocycles. The first-order chi connectivity index (χ1) is 12.0. The molecule has 1 aromatic carbocycles. The highest BCUT2D eigenvalue weighted by Crippen LogP contribution is 2.27. The van der Waals surface area contributed by atoms with Crippen LogP contribution in [0.25, 0.3) is 0 Å². The molecule has 1 aliphatic rings. The fourth-order valence-corrected chi connectivity index (χ4v) is 3.22. The Morgan fingerprint density at radius 3 is 3.00 bits per heavy atom. The lowest BCUT2D eigenvalue weighted by molar-refractivity contribution is -0.132. The summed E-state index contributed by atoms with van der Waals surface area (Å²) in [7, 11) is 0. The highest BCUT2D eigenvalue weighted by atomic mass is 35.5. The predicted octanol–water partition coefficient (Wildman–Crippen LogP) is 4.13. The summed E-state index contributed by atoms with van der Waals surface area (Å²) in [5.74, 6) is 0.992. The molecule has 1 fully saturated rings. The van der Waals surface area contributed by atoms with Gasteiger partial charge in [-0.2, -0.15) is 0 Å². The number of nitrogens with zero attached hydrogens (tertiary/aromatic N) is 3. The first-order valence-corrected chi connectivity index (χ1v) is 8.78. The van der Waals surface area contributed by atoms with Gasteiger partial charge < -0.3 is 10.2 Å². The van der Waals surface area contributed by atoms with E-state index in [9.17, 15) is 9.18 Å². The quantitative estimate of drug-likeness (QED) is 0.831. The molecule has 1 saturated heterocycles. The van der Waals surface area contributed by atoms with Crippen LogP contribution < -0.4 is 5.32 Å². The number of carbonyl (C=O) groups excluding carboxylic acids is 1. The minimum atomic E-state index is -0.327. The second-order valence-corrected chi connectivity index (χ2v) is 6.49. The van der Waals surface area contributed by atoms with Crippen LogP contribution in [-0.2, 0) is 4.79 Å². The van der Waals surface area contributed by atoms with Crippen molar-refractivity contribution in [3.63, 3.8) is 0 Å². The molecule has 2 aromatic rings. The van der Waals surface area contributed by atoms with E-state index < -0.39 is 0 Å². The van der Waals surface area contributed by atoms with Crippen LogP contribution in [0.3, 0.4) is 0 Å². The maximum absolute atomic E-state index is 13.3. The summed E-state index contributed by atoms with van der Waals surface area (Å²) >= 11 is 6.15. The second-order valence-electron chi connectivity index (χ2n) is 6.10. The number of anilines is 2. The van der Waals surface area contributed by atoms with Crippen LogP contribution in [0, 0.1) is 5.82 Å². The van der Waals surface area contributed by atoms with E-state index in [2.05, 4.69) is 15.3 Å². The number of carbonyl (C=O) groups is 1. The van der Waals surface area contributed by atoms with Crippen molar-refractivity contribution in [1.82, 2.24) is 14.9 Å². The van der Waals surface area contributed by atoms with Gasteiger partial charge in [0, 0.05) is 37.2 Å². The fraction of sp³-hybridized carbons (Fsp3) is 0.389. The molecule has 0 saturated carbocycles. The van der Waals surface area contributed by atoms with Crippen molar-refractivity contribution < 1.29 is 9.18 Å². The molecule has 1 atom stereocenters. The zero-order valence-corrected chi connectivity index (χ0v) is 14.8. The van der Waals surface area contributed by atoms with Crippen molar-refractivity contribution in [3.8, 4) is 0 Å². The van der Waals surface area contributed by atoms with Crippen LogP contribution in [0.5, 0.6) is 0 Å². The summed E-state index contributed by atoms with van der Waals surface area (Å²) in [5.41, 5.74) is 0.590. The molecule has 1 N–H and O–H groups in total. The van der Waals surface area contributed by atoms with Crippen LogP contribution in [-0.4, -0.2) is 33.9 Å². The number of likely N-dealkylation sites (tertiary alicyclic amines) is 1. The van der Waals surface area contributed by atoms with E-state index in [4.69, 9.17) is 11.6 Å². The molecule has 1 unspecified atom stereocenters. The van der Waals surface area contributed by atoms with Gasteiger partial charge >= 0.3 is 0 Å². The van der Waals surface area contributed by atoms with Gasteiger partial charge in [0.2, 0.25) is 5.91 Å². The summed E-state index contributed by atoms with van der Waals surface area (Å²) in [6.45, 7) is 3.24. The SMILES string of the molecule is CCC(=O)N1CCCC(c2nc(Cl)cc(Nc3cccc(F)c3)n2)C1. The average Bonchev–Trinajstić information content (AvgIpc) is 2.60. The van der Waals surface area contributed by atoms with E-state index in [1.165, 1.54) is 12.1 Å². The Kier molecular flexibility index (Phi) is 5.48. The van der Waals surface area contributed by atoms with Crippen molar-refractivity contribution in [2.45, 2.75) is 32.1 Å². The van der Waals surface area contributed by atoms with Gasteiger partial charge in [-0.25, -0.2) is 14.4 Å². The smallest absolute Gasteiger partial charge is 0.222 e. The minimum Gasteiger partial charge on any atom is -0.342 e. The third kappa shape index (κ3) is 4.45. The molecule has 5 nitrogen and oxygen atoms in total. The van der Waals surface area contributed by atoms with Gasteiger partial charge in [-0.1, -0.05) is 24.6 Å². The number of piperidine rings is 1. The van der Waals surface area contributed by atoms with Crippen LogP contribution in [0.2, 0.25) is 5.15 Å². The molecule has 1 aliphatic heterocycles. The summed E-state index contributed by atoms with van der Waals surface area (Å²) in [6.07, 6.45) is 2.32. The number of aromatic nitrogens is 2. The number of hydrogen-bond acceptors (Lipinski definition) is 4. The van der Waals surface area contributed by atoms with E-state index in [0.29, 0.717) is 35.4 Å². The van der Waals surface area contributed by atoms with Gasteiger partial charge in [0.05, 0.1) is 0 Å². The number of rotatable bonds is 4. The number of amides is 1. The molecule has 7 heteroatoms. The number of hydrogen-bond donors (Lipinski definition) is 1. The zero-order valence-electron chi connectivity index (χ0n) is 14.0. The summed E-state index contributed by atoms with van der Waals surface area (Å²) in [4.78, 5) is 22.7. The van der Waals surface area contributed by atoms with Gasteiger partial charge in [-0.3, -0.25) is 4.79 Å². The largest absolute Gasteiger partial charge is 0.342 e. The van der Waals surface area contributed by atoms with Gasteiger partial charge in [0.25, 0.3) is 0 Å². The number of halogens is 2. The minimum absolute atomic E-state index is 0.0519. The Labute approximate surface area is 151 Å². The summed E-state index contributed by atoms with van der Waals surface area (Å²) in [6, 6.07) is 7.74. The molecule has 0 bridgehead atoms. The third-order valence-corrected chi connectivity index (χ3v) is 4.44. The lowest BCUT2D eigenvalue weighted by Gasteiger charge is -2.32. The first kappa shape index (κ1) is 17.6. The Bertz CT molecular complexity index is 770. The Morgan fingerprint density at radius 2 is 2.24 bits per heavy atom. The topological polar surface area (TPSA) is 58.1 Å². The Morgan fingerprint density at radius 1 is 1.40 bits per heavy atom. The fourth-order valence-electron chi connectivity index (χ4n) is 3.03. The summed E-state index contributed by atoms with van der Waals surface area (Å²) in [5, 5.41) is 3.38. The lowest BCUT2D eigenvalue weighted by Crippen LogP contribution is -2.39. The van der Waals surface area contributed by atoms with Crippen molar-refractivity contribution in [3.05, 3.63) is 47.1 Å². The molecule has 3 rings (SSSR count). The van der Waals surface area contributed by atoms with Crippen molar-refractivity contribution in [1.29, 1.82) is 0 Å². The zero-order chi connectivity index (χ0) is 17.8. The average molecular weight is 363 g/mol. The normalized spacial score (nSPS) is 17.4. The Balaban J connectivity index is 1.80. The van der Waals surface area contributed by atoms with E-state index in [-0.39, 0.29) is 17.6 Å². The van der Waals surface area contributed by atoms with E-state index in [1.54, 1.807) is 18.2 Å². The highest BCUT2D eigenvalue weighted by molar-refractivity contribution is 6.29. The van der Waals surface area contributed by atoms with Gasteiger partial charge in [-0.05, 0) is 31.0 Å². The molecule has 25 heavy (non-hydrogen) atoms. The molecule has 132 valence electrons. The maximum atomic E-state index is 13.3. The lowest BCUT2D eigenvalue weighted by atomic mass is 9.97. The van der Waals surface area contributed by atoms with E-state index in [1.807, 2.05) is 11.8 Å². The monoisotopic (exact) mass is 362 g/mol. The molecule has 0 aliphatic carbocycles. The Hall–Kier alpha value is -2.21. The van der Waals surface area contributed by atoms with Crippen LogP contribution in [0.15, 0.2) is 30.3 Å². The van der Waals surface area contributed by atoms with Crippen molar-refractivity contribution in [2.24, 2.45) is 0 Å². The van der Waals surface area contributed by atoms with Crippen LogP contribution in [0.1, 0.15) is 37.9 Å². The molecular formula is C18H20ClFN4O. The molecule has 2 heterocycles. The predicted molar refractivity (Wildman–Crippen MR) is 95.6 cm³/mol. The highest BCUT2D eigenvalue weighted by Gasteiger charge is 2.26. The molecule has 1 amide bonds. The van der Waals surface area contributed by atoms with Crippen LogP contribution >= 0.6 is 11.6 Å². The standard InChI is InChI=1S/C18H20ClFN4O/c1-2-17(25)24-8-4-5-12(11-24)18-22-15(19)10-16(23-18)21-14-7-3-6-13(20)9-14/h3,6-7,9-10,12H,2,4-5,8,11H2,1H3,(H,21,22,23). The summed E-state index contributed by atoms with van der Waals surface area (Å²) < 4.78 is 13.3. The van der Waals surface area contributed by atoms with Crippen molar-refractivity contribution in [2.75, 3.05) is 18.4 Å². The number of benzene rings is 1.